The molecule has 1 heterocycles. The Bertz CT molecular complexity index is 1230. The Hall–Kier alpha value is -3.12. The van der Waals surface area contributed by atoms with Gasteiger partial charge in [0, 0.05) is 10.6 Å². The zero-order chi connectivity index (χ0) is 24.3. The third-order valence-corrected chi connectivity index (χ3v) is 8.60. The number of carbonyl (C=O) groups is 3. The van der Waals surface area contributed by atoms with Crippen LogP contribution >= 0.6 is 11.6 Å². The maximum absolute atomic E-state index is 13.3. The second-order valence-corrected chi connectivity index (χ2v) is 11.0. The van der Waals surface area contributed by atoms with Gasteiger partial charge < -0.3 is 4.74 Å². The summed E-state index contributed by atoms with van der Waals surface area (Å²) < 4.78 is 5.33. The average Bonchev–Trinajstić information content (AvgIpc) is 2.81. The molecular formula is C28H27ClN2O4. The summed E-state index contributed by atoms with van der Waals surface area (Å²) in [7, 11) is 1.50. The first-order chi connectivity index (χ1) is 16.8. The van der Waals surface area contributed by atoms with E-state index in [-0.39, 0.29) is 11.0 Å². The third kappa shape index (κ3) is 3.75. The van der Waals surface area contributed by atoms with Crippen molar-refractivity contribution in [3.05, 3.63) is 64.2 Å². The van der Waals surface area contributed by atoms with Crippen LogP contribution in [-0.4, -0.2) is 25.0 Å². The number of nitrogens with zero attached hydrogens (tertiary/aromatic N) is 1. The van der Waals surface area contributed by atoms with E-state index < -0.39 is 17.8 Å². The van der Waals surface area contributed by atoms with E-state index in [2.05, 4.69) is 17.4 Å². The van der Waals surface area contributed by atoms with E-state index >= 15 is 0 Å². The first-order valence-corrected chi connectivity index (χ1v) is 12.6. The highest BCUT2D eigenvalue weighted by Crippen LogP contribution is 2.60. The number of nitrogens with one attached hydrogen (secondary N) is 1. The molecule has 1 N–H and O–H groups in total. The number of halogens is 1. The molecule has 7 rings (SSSR count). The molecule has 5 aliphatic rings. The minimum absolute atomic E-state index is 0.157. The summed E-state index contributed by atoms with van der Waals surface area (Å²) in [5, 5.41) is 2.73. The lowest BCUT2D eigenvalue weighted by atomic mass is 9.48. The quantitative estimate of drug-likeness (QED) is 0.454. The summed E-state index contributed by atoms with van der Waals surface area (Å²) in [5.41, 5.74) is 2.30. The first-order valence-electron chi connectivity index (χ1n) is 12.2. The molecule has 7 heteroatoms. The molecule has 4 amide bonds. The fourth-order valence-electron chi connectivity index (χ4n) is 7.29. The van der Waals surface area contributed by atoms with Gasteiger partial charge >= 0.3 is 6.03 Å². The lowest BCUT2D eigenvalue weighted by Crippen LogP contribution is -2.54. The third-order valence-electron chi connectivity index (χ3n) is 8.37. The fraction of sp³-hybridized carbons (Fsp3) is 0.393. The van der Waals surface area contributed by atoms with Crippen molar-refractivity contribution in [2.24, 2.45) is 17.8 Å². The summed E-state index contributed by atoms with van der Waals surface area (Å²) in [6, 6.07) is 12.0. The van der Waals surface area contributed by atoms with Gasteiger partial charge in [0.05, 0.1) is 12.8 Å². The molecule has 180 valence electrons. The number of barbiturate groups is 1. The maximum atomic E-state index is 13.3. The second kappa shape index (κ2) is 8.23. The Balaban J connectivity index is 1.31. The summed E-state index contributed by atoms with van der Waals surface area (Å²) in [6.45, 7) is 0. The Morgan fingerprint density at radius 1 is 0.971 bits per heavy atom. The van der Waals surface area contributed by atoms with Gasteiger partial charge in [0.1, 0.15) is 11.3 Å². The molecule has 0 aromatic heterocycles. The number of carbonyl (C=O) groups excluding carboxylic acids is 3. The molecule has 0 radical (unpaired) electrons. The molecular weight excluding hydrogens is 464 g/mol. The number of benzene rings is 2. The highest BCUT2D eigenvalue weighted by Gasteiger charge is 2.51. The molecule has 2 aromatic carbocycles. The Labute approximate surface area is 209 Å². The van der Waals surface area contributed by atoms with Gasteiger partial charge in [-0.2, -0.15) is 0 Å². The van der Waals surface area contributed by atoms with Crippen molar-refractivity contribution in [1.29, 1.82) is 0 Å². The topological polar surface area (TPSA) is 75.7 Å². The molecule has 0 atom stereocenters. The number of methoxy groups -OCH3 is 1. The van der Waals surface area contributed by atoms with Crippen molar-refractivity contribution >= 4 is 41.2 Å². The molecule has 2 aromatic rings. The van der Waals surface area contributed by atoms with E-state index in [9.17, 15) is 14.4 Å². The van der Waals surface area contributed by atoms with E-state index in [1.807, 2.05) is 12.1 Å². The van der Waals surface area contributed by atoms with Crippen LogP contribution in [0.15, 0.2) is 48.0 Å². The molecule has 1 aliphatic heterocycles. The first kappa shape index (κ1) is 22.4. The number of hydrogen-bond donors (Lipinski definition) is 1. The number of anilines is 1. The monoisotopic (exact) mass is 490 g/mol. The molecule has 6 nitrogen and oxygen atoms in total. The van der Waals surface area contributed by atoms with Crippen molar-refractivity contribution in [3.8, 4) is 5.75 Å². The molecule has 5 fully saturated rings. The van der Waals surface area contributed by atoms with Gasteiger partial charge in [-0.05, 0) is 104 Å². The lowest BCUT2D eigenvalue weighted by Gasteiger charge is -2.57. The van der Waals surface area contributed by atoms with Crippen LogP contribution in [0.2, 0.25) is 5.02 Å². The van der Waals surface area contributed by atoms with E-state index in [1.54, 1.807) is 18.2 Å². The van der Waals surface area contributed by atoms with Gasteiger partial charge in [-0.25, -0.2) is 9.69 Å². The number of rotatable bonds is 4. The van der Waals surface area contributed by atoms with Crippen LogP contribution in [0.5, 0.6) is 5.75 Å². The van der Waals surface area contributed by atoms with E-state index in [0.29, 0.717) is 22.0 Å². The van der Waals surface area contributed by atoms with Crippen LogP contribution in [-0.2, 0) is 15.0 Å². The second-order valence-electron chi connectivity index (χ2n) is 10.6. The highest BCUT2D eigenvalue weighted by atomic mass is 35.5. The van der Waals surface area contributed by atoms with E-state index in [1.165, 1.54) is 57.3 Å². The molecule has 4 bridgehead atoms. The minimum Gasteiger partial charge on any atom is -0.496 e. The predicted molar refractivity (Wildman–Crippen MR) is 133 cm³/mol. The highest BCUT2D eigenvalue weighted by molar-refractivity contribution is 6.39. The van der Waals surface area contributed by atoms with Gasteiger partial charge in [-0.15, -0.1) is 0 Å². The smallest absolute Gasteiger partial charge is 0.335 e. The summed E-state index contributed by atoms with van der Waals surface area (Å²) in [4.78, 5) is 39.6. The van der Waals surface area contributed by atoms with Crippen molar-refractivity contribution < 1.29 is 19.1 Å². The molecule has 0 spiro atoms. The SMILES string of the molecule is COc1ccc(Cl)cc1/C=C1\C(=O)NC(=O)N(c2ccc(C34CC5CC(CC(C5)C3)C4)cc2)C1=O. The van der Waals surface area contributed by atoms with Gasteiger partial charge in [0.2, 0.25) is 0 Å². The number of ether oxygens (including phenoxy) is 1. The van der Waals surface area contributed by atoms with Gasteiger partial charge in [0.15, 0.2) is 0 Å². The van der Waals surface area contributed by atoms with Gasteiger partial charge in [-0.1, -0.05) is 23.7 Å². The molecule has 4 saturated carbocycles. The number of urea groups is 1. The Morgan fingerprint density at radius 3 is 2.20 bits per heavy atom. The molecule has 35 heavy (non-hydrogen) atoms. The largest absolute Gasteiger partial charge is 0.496 e. The van der Waals surface area contributed by atoms with Gasteiger partial charge in [0.25, 0.3) is 11.8 Å². The lowest BCUT2D eigenvalue weighted by molar-refractivity contribution is -0.122. The fourth-order valence-corrected chi connectivity index (χ4v) is 7.47. The standard InChI is InChI=1S/C28H27ClN2O4/c1-35-24-7-4-21(29)11-19(24)12-23-25(32)30-27(34)31(26(23)33)22-5-2-20(3-6-22)28-13-16-8-17(14-28)10-18(9-16)15-28/h2-7,11-12,16-18H,8-10,13-15H2,1H3,(H,30,32,34)/b23-12+. The van der Waals surface area contributed by atoms with Crippen LogP contribution in [0.4, 0.5) is 10.5 Å². The molecule has 4 aliphatic carbocycles. The Kier molecular flexibility index (Phi) is 5.26. The van der Waals surface area contributed by atoms with Crippen molar-refractivity contribution in [2.75, 3.05) is 12.0 Å². The maximum Gasteiger partial charge on any atom is 0.335 e. The minimum atomic E-state index is -0.752. The molecule has 0 unspecified atom stereocenters. The number of imide groups is 2. The summed E-state index contributed by atoms with van der Waals surface area (Å²) in [5.74, 6) is 1.53. The molecule has 1 saturated heterocycles. The van der Waals surface area contributed by atoms with Gasteiger partial charge in [-0.3, -0.25) is 14.9 Å². The van der Waals surface area contributed by atoms with Crippen molar-refractivity contribution in [1.82, 2.24) is 5.32 Å². The summed E-state index contributed by atoms with van der Waals surface area (Å²) in [6.07, 6.45) is 9.26. The zero-order valence-electron chi connectivity index (χ0n) is 19.6. The zero-order valence-corrected chi connectivity index (χ0v) is 20.3. The summed E-state index contributed by atoms with van der Waals surface area (Å²) >= 11 is 6.10. The van der Waals surface area contributed by atoms with Crippen LogP contribution in [0.3, 0.4) is 0 Å². The predicted octanol–water partition coefficient (Wildman–Crippen LogP) is 5.48. The normalized spacial score (nSPS) is 30.7. The van der Waals surface area contributed by atoms with Crippen molar-refractivity contribution in [3.63, 3.8) is 0 Å². The number of hydrogen-bond acceptors (Lipinski definition) is 4. The van der Waals surface area contributed by atoms with E-state index in [4.69, 9.17) is 16.3 Å². The number of amides is 4. The van der Waals surface area contributed by atoms with Crippen LogP contribution < -0.4 is 15.0 Å². The van der Waals surface area contributed by atoms with Crippen LogP contribution in [0.25, 0.3) is 6.08 Å². The van der Waals surface area contributed by atoms with Crippen LogP contribution in [0.1, 0.15) is 49.7 Å². The van der Waals surface area contributed by atoms with Crippen molar-refractivity contribution in [2.45, 2.75) is 43.9 Å². The van der Waals surface area contributed by atoms with Crippen LogP contribution in [0, 0.1) is 17.8 Å². The Morgan fingerprint density at radius 2 is 1.60 bits per heavy atom. The average molecular weight is 491 g/mol. The van der Waals surface area contributed by atoms with E-state index in [0.717, 1.165) is 22.7 Å².